The molecule has 0 fully saturated rings. The fraction of sp³-hybridized carbons (Fsp3) is 0.286. The number of halogens is 1. The number of likely N-dealkylation sites (N-methyl/N-ethyl adjacent to an activating group) is 1. The average Bonchev–Trinajstić information content (AvgIpc) is 2.91. The highest BCUT2D eigenvalue weighted by Crippen LogP contribution is 2.26. The molecule has 0 aliphatic heterocycles. The van der Waals surface area contributed by atoms with Crippen molar-refractivity contribution < 1.29 is 18.0 Å². The van der Waals surface area contributed by atoms with Gasteiger partial charge in [-0.25, -0.2) is 8.42 Å². The third-order valence-electron chi connectivity index (χ3n) is 6.06. The van der Waals surface area contributed by atoms with E-state index < -0.39 is 28.5 Å². The third kappa shape index (κ3) is 6.90. The highest BCUT2D eigenvalue weighted by atomic mass is 35.5. The molecular formula is C28H32ClN3O4S. The number of rotatable bonds is 11. The van der Waals surface area contributed by atoms with Crippen molar-refractivity contribution >= 4 is 39.1 Å². The molecule has 7 nitrogen and oxygen atoms in total. The standard InChI is InChI=1S/C28H32ClN3O4S/c1-4-22-15-17-24(18-16-22)32(37(35,36)25-12-7-6-8-13-25)20-27(33)31(21(3)28(34)30-5-2)19-23-11-9-10-14-26(23)29/h6-18,21H,4-5,19-20H2,1-3H3,(H,30,34)/t21-/m0/s1. The Bertz CT molecular complexity index is 1310. The van der Waals surface area contributed by atoms with Crippen LogP contribution in [-0.2, 0) is 32.6 Å². The Hall–Kier alpha value is -3.36. The zero-order chi connectivity index (χ0) is 27.0. The number of aryl methyl sites for hydroxylation is 1. The molecule has 37 heavy (non-hydrogen) atoms. The summed E-state index contributed by atoms with van der Waals surface area (Å²) in [5.41, 5.74) is 2.05. The van der Waals surface area contributed by atoms with Gasteiger partial charge in [0.2, 0.25) is 11.8 Å². The molecule has 0 aromatic heterocycles. The van der Waals surface area contributed by atoms with Crippen LogP contribution in [0.15, 0.2) is 83.8 Å². The summed E-state index contributed by atoms with van der Waals surface area (Å²) < 4.78 is 28.5. The summed E-state index contributed by atoms with van der Waals surface area (Å²) >= 11 is 6.36. The van der Waals surface area contributed by atoms with Crippen LogP contribution in [0, 0.1) is 0 Å². The lowest BCUT2D eigenvalue weighted by Crippen LogP contribution is -2.51. The molecule has 0 radical (unpaired) electrons. The van der Waals surface area contributed by atoms with Gasteiger partial charge in [-0.3, -0.25) is 13.9 Å². The smallest absolute Gasteiger partial charge is 0.264 e. The van der Waals surface area contributed by atoms with Gasteiger partial charge in [0.05, 0.1) is 10.6 Å². The monoisotopic (exact) mass is 541 g/mol. The molecule has 1 atom stereocenters. The molecule has 0 spiro atoms. The van der Waals surface area contributed by atoms with Crippen molar-refractivity contribution in [2.24, 2.45) is 0 Å². The van der Waals surface area contributed by atoms with Crippen LogP contribution in [0.4, 0.5) is 5.69 Å². The quantitative estimate of drug-likeness (QED) is 0.383. The van der Waals surface area contributed by atoms with Crippen molar-refractivity contribution in [2.45, 2.75) is 44.7 Å². The minimum Gasteiger partial charge on any atom is -0.355 e. The van der Waals surface area contributed by atoms with Gasteiger partial charge < -0.3 is 10.2 Å². The maximum Gasteiger partial charge on any atom is 0.264 e. The van der Waals surface area contributed by atoms with Gasteiger partial charge in [0.15, 0.2) is 0 Å². The zero-order valence-electron chi connectivity index (χ0n) is 21.2. The maximum atomic E-state index is 13.8. The molecule has 0 aliphatic carbocycles. The number of sulfonamides is 1. The molecule has 0 unspecified atom stereocenters. The van der Waals surface area contributed by atoms with Gasteiger partial charge in [0.25, 0.3) is 10.0 Å². The first-order chi connectivity index (χ1) is 17.7. The van der Waals surface area contributed by atoms with E-state index in [1.807, 2.05) is 19.1 Å². The zero-order valence-corrected chi connectivity index (χ0v) is 22.8. The lowest BCUT2D eigenvalue weighted by molar-refractivity contribution is -0.139. The molecule has 0 saturated carbocycles. The second-order valence-electron chi connectivity index (χ2n) is 8.53. The number of benzene rings is 3. The molecule has 1 N–H and O–H groups in total. The molecule has 9 heteroatoms. The van der Waals surface area contributed by atoms with Crippen molar-refractivity contribution in [2.75, 3.05) is 17.4 Å². The Morgan fingerprint density at radius 2 is 1.54 bits per heavy atom. The van der Waals surface area contributed by atoms with E-state index in [0.29, 0.717) is 22.8 Å². The van der Waals surface area contributed by atoms with Gasteiger partial charge in [0, 0.05) is 18.1 Å². The molecule has 0 bridgehead atoms. The predicted octanol–water partition coefficient (Wildman–Crippen LogP) is 4.65. The van der Waals surface area contributed by atoms with E-state index in [1.165, 1.54) is 17.0 Å². The molecule has 196 valence electrons. The lowest BCUT2D eigenvalue weighted by atomic mass is 10.1. The van der Waals surface area contributed by atoms with Crippen LogP contribution in [0.25, 0.3) is 0 Å². The van der Waals surface area contributed by atoms with E-state index in [4.69, 9.17) is 11.6 Å². The lowest BCUT2D eigenvalue weighted by Gasteiger charge is -2.32. The molecule has 2 amide bonds. The average molecular weight is 542 g/mol. The second kappa shape index (κ2) is 12.7. The van der Waals surface area contributed by atoms with Crippen LogP contribution in [0.2, 0.25) is 5.02 Å². The van der Waals surface area contributed by atoms with Crippen LogP contribution in [0.1, 0.15) is 31.9 Å². The summed E-state index contributed by atoms with van der Waals surface area (Å²) in [5, 5.41) is 3.19. The third-order valence-corrected chi connectivity index (χ3v) is 8.22. The number of carbonyl (C=O) groups excluding carboxylic acids is 2. The summed E-state index contributed by atoms with van der Waals surface area (Å²) in [6, 6.07) is 21.2. The normalized spacial score (nSPS) is 12.0. The predicted molar refractivity (Wildman–Crippen MR) is 147 cm³/mol. The first kappa shape index (κ1) is 28.2. The number of hydrogen-bond acceptors (Lipinski definition) is 4. The van der Waals surface area contributed by atoms with Crippen molar-refractivity contribution in [3.8, 4) is 0 Å². The van der Waals surface area contributed by atoms with Gasteiger partial charge in [-0.1, -0.05) is 67.1 Å². The van der Waals surface area contributed by atoms with E-state index in [1.54, 1.807) is 68.4 Å². The number of amides is 2. The molecule has 3 aromatic carbocycles. The van der Waals surface area contributed by atoms with Crippen molar-refractivity contribution in [3.63, 3.8) is 0 Å². The van der Waals surface area contributed by atoms with E-state index in [9.17, 15) is 18.0 Å². The highest BCUT2D eigenvalue weighted by molar-refractivity contribution is 7.92. The Morgan fingerprint density at radius 3 is 2.14 bits per heavy atom. The molecule has 3 rings (SSSR count). The first-order valence-corrected chi connectivity index (χ1v) is 14.0. The van der Waals surface area contributed by atoms with Gasteiger partial charge in [-0.15, -0.1) is 0 Å². The molecular weight excluding hydrogens is 510 g/mol. The molecule has 0 aliphatic rings. The second-order valence-corrected chi connectivity index (χ2v) is 10.8. The first-order valence-electron chi connectivity index (χ1n) is 12.2. The summed E-state index contributed by atoms with van der Waals surface area (Å²) in [7, 11) is -4.08. The summed E-state index contributed by atoms with van der Waals surface area (Å²) in [4.78, 5) is 28.0. The number of nitrogens with one attached hydrogen (secondary N) is 1. The number of hydrogen-bond donors (Lipinski definition) is 1. The fourth-order valence-electron chi connectivity index (χ4n) is 3.86. The SMILES string of the molecule is CCNC(=O)[C@H](C)N(Cc1ccccc1Cl)C(=O)CN(c1ccc(CC)cc1)S(=O)(=O)c1ccccc1. The van der Waals surface area contributed by atoms with Gasteiger partial charge in [-0.05, 0) is 61.7 Å². The Kier molecular flexibility index (Phi) is 9.72. The van der Waals surface area contributed by atoms with Gasteiger partial charge >= 0.3 is 0 Å². The van der Waals surface area contributed by atoms with Crippen molar-refractivity contribution in [1.82, 2.24) is 10.2 Å². The van der Waals surface area contributed by atoms with E-state index >= 15 is 0 Å². The number of anilines is 1. The maximum absolute atomic E-state index is 13.8. The Balaban J connectivity index is 2.03. The largest absolute Gasteiger partial charge is 0.355 e. The highest BCUT2D eigenvalue weighted by Gasteiger charge is 2.32. The van der Waals surface area contributed by atoms with Crippen LogP contribution < -0.4 is 9.62 Å². The van der Waals surface area contributed by atoms with Gasteiger partial charge in [-0.2, -0.15) is 0 Å². The van der Waals surface area contributed by atoms with Crippen LogP contribution in [-0.4, -0.2) is 44.3 Å². The number of carbonyl (C=O) groups is 2. The van der Waals surface area contributed by atoms with E-state index in [2.05, 4.69) is 5.32 Å². The van der Waals surface area contributed by atoms with Crippen LogP contribution in [0.3, 0.4) is 0 Å². The van der Waals surface area contributed by atoms with Crippen molar-refractivity contribution in [3.05, 3.63) is 95.0 Å². The van der Waals surface area contributed by atoms with E-state index in [0.717, 1.165) is 16.3 Å². The van der Waals surface area contributed by atoms with Gasteiger partial charge in [0.1, 0.15) is 12.6 Å². The van der Waals surface area contributed by atoms with Crippen molar-refractivity contribution in [1.29, 1.82) is 0 Å². The minimum atomic E-state index is -4.08. The minimum absolute atomic E-state index is 0.0464. The summed E-state index contributed by atoms with van der Waals surface area (Å²) in [6.45, 7) is 5.37. The fourth-order valence-corrected chi connectivity index (χ4v) is 5.49. The topological polar surface area (TPSA) is 86.8 Å². The number of nitrogens with zero attached hydrogens (tertiary/aromatic N) is 2. The van der Waals surface area contributed by atoms with Crippen LogP contribution >= 0.6 is 11.6 Å². The molecule has 0 heterocycles. The summed E-state index contributed by atoms with van der Waals surface area (Å²) in [6.07, 6.45) is 0.792. The van der Waals surface area contributed by atoms with E-state index in [-0.39, 0.29) is 17.3 Å². The Labute approximate surface area is 224 Å². The molecule has 0 saturated heterocycles. The Morgan fingerprint density at radius 1 is 0.919 bits per heavy atom. The van der Waals surface area contributed by atoms with Crippen LogP contribution in [0.5, 0.6) is 0 Å². The summed E-state index contributed by atoms with van der Waals surface area (Å²) in [5.74, 6) is -0.870. The molecule has 3 aromatic rings.